The number of benzene rings is 1. The average molecular weight is 226 g/mol. The highest BCUT2D eigenvalue weighted by atomic mass is 14.9. The van der Waals surface area contributed by atoms with E-state index in [1.807, 2.05) is 7.05 Å². The molecule has 0 amide bonds. The van der Waals surface area contributed by atoms with Crippen LogP contribution in [0.5, 0.6) is 0 Å². The van der Waals surface area contributed by atoms with Crippen molar-refractivity contribution in [2.24, 2.45) is 7.05 Å². The molecule has 0 atom stereocenters. The van der Waals surface area contributed by atoms with Gasteiger partial charge in [-0.15, -0.1) is 0 Å². The normalized spacial score (nSPS) is 11.7. The third kappa shape index (κ3) is 1.93. The first kappa shape index (κ1) is 11.7. The van der Waals surface area contributed by atoms with Crippen LogP contribution in [0.3, 0.4) is 0 Å². The van der Waals surface area contributed by atoms with E-state index in [1.54, 1.807) is 0 Å². The maximum Gasteiger partial charge on any atom is 0.0670 e. The van der Waals surface area contributed by atoms with Gasteiger partial charge in [-0.1, -0.05) is 32.9 Å². The minimum atomic E-state index is 0.102. The molecule has 0 bridgehead atoms. The van der Waals surface area contributed by atoms with E-state index in [0.29, 0.717) is 6.42 Å². The Balaban J connectivity index is 2.82. The van der Waals surface area contributed by atoms with Gasteiger partial charge in [0.1, 0.15) is 0 Å². The van der Waals surface area contributed by atoms with Gasteiger partial charge in [0.05, 0.1) is 12.5 Å². The summed E-state index contributed by atoms with van der Waals surface area (Å²) in [4.78, 5) is 0. The molecule has 1 aromatic heterocycles. The molecule has 0 unspecified atom stereocenters. The summed E-state index contributed by atoms with van der Waals surface area (Å²) < 4.78 is 2.11. The third-order valence-corrected chi connectivity index (χ3v) is 3.17. The molecular weight excluding hydrogens is 208 g/mol. The van der Waals surface area contributed by atoms with E-state index in [2.05, 4.69) is 55.8 Å². The highest BCUT2D eigenvalue weighted by molar-refractivity contribution is 5.88. The van der Waals surface area contributed by atoms with Crippen LogP contribution in [-0.2, 0) is 18.9 Å². The van der Waals surface area contributed by atoms with Crippen molar-refractivity contribution in [3.8, 4) is 6.07 Å². The Morgan fingerprint density at radius 1 is 1.29 bits per heavy atom. The molecule has 0 saturated carbocycles. The van der Waals surface area contributed by atoms with Gasteiger partial charge in [-0.2, -0.15) is 5.26 Å². The lowest BCUT2D eigenvalue weighted by Crippen LogP contribution is -2.11. The van der Waals surface area contributed by atoms with E-state index in [4.69, 9.17) is 5.26 Å². The highest BCUT2D eigenvalue weighted by Gasteiger charge is 2.20. The molecule has 2 nitrogen and oxygen atoms in total. The Morgan fingerprint density at radius 3 is 2.59 bits per heavy atom. The van der Waals surface area contributed by atoms with E-state index in [1.165, 1.54) is 16.5 Å². The minimum absolute atomic E-state index is 0.102. The molecule has 0 aliphatic heterocycles. The predicted octanol–water partition coefficient (Wildman–Crippen LogP) is 3.54. The quantitative estimate of drug-likeness (QED) is 0.731. The van der Waals surface area contributed by atoms with Crippen LogP contribution < -0.4 is 0 Å². The second-order valence-corrected chi connectivity index (χ2v) is 5.55. The summed E-state index contributed by atoms with van der Waals surface area (Å²) in [6, 6.07) is 8.64. The van der Waals surface area contributed by atoms with Crippen LogP contribution in [0.2, 0.25) is 0 Å². The van der Waals surface area contributed by atoms with Crippen LogP contribution in [0.4, 0.5) is 0 Å². The van der Waals surface area contributed by atoms with Crippen molar-refractivity contribution in [3.63, 3.8) is 0 Å². The topological polar surface area (TPSA) is 28.7 Å². The first-order valence-corrected chi connectivity index (χ1v) is 5.89. The highest BCUT2D eigenvalue weighted by Crippen LogP contribution is 2.33. The smallest absolute Gasteiger partial charge is 0.0670 e. The van der Waals surface area contributed by atoms with Gasteiger partial charge in [-0.25, -0.2) is 0 Å². The molecule has 0 saturated heterocycles. The number of aryl methyl sites for hydroxylation is 1. The van der Waals surface area contributed by atoms with Gasteiger partial charge < -0.3 is 4.57 Å². The molecule has 2 heteroatoms. The zero-order chi connectivity index (χ0) is 12.6. The molecule has 1 heterocycles. The maximum absolute atomic E-state index is 8.92. The molecule has 0 aliphatic rings. The summed E-state index contributed by atoms with van der Waals surface area (Å²) in [6.45, 7) is 6.64. The van der Waals surface area contributed by atoms with Crippen molar-refractivity contribution in [2.45, 2.75) is 32.6 Å². The van der Waals surface area contributed by atoms with E-state index in [0.717, 1.165) is 5.56 Å². The second kappa shape index (κ2) is 3.92. The van der Waals surface area contributed by atoms with Crippen molar-refractivity contribution in [1.29, 1.82) is 5.26 Å². The number of hydrogen-bond donors (Lipinski definition) is 0. The van der Waals surface area contributed by atoms with Gasteiger partial charge in [-0.05, 0) is 22.6 Å². The molecule has 17 heavy (non-hydrogen) atoms. The first-order valence-electron chi connectivity index (χ1n) is 5.89. The largest absolute Gasteiger partial charge is 0.350 e. The van der Waals surface area contributed by atoms with Crippen molar-refractivity contribution in [2.75, 3.05) is 0 Å². The van der Waals surface area contributed by atoms with Gasteiger partial charge in [0.2, 0.25) is 0 Å². The minimum Gasteiger partial charge on any atom is -0.350 e. The lowest BCUT2D eigenvalue weighted by atomic mass is 9.84. The average Bonchev–Trinajstić information content (AvgIpc) is 2.55. The van der Waals surface area contributed by atoms with Crippen LogP contribution in [-0.4, -0.2) is 4.57 Å². The number of nitriles is 1. The Morgan fingerprint density at radius 2 is 2.00 bits per heavy atom. The zero-order valence-corrected chi connectivity index (χ0v) is 10.9. The fraction of sp³-hybridized carbons (Fsp3) is 0.400. The molecule has 0 aliphatic carbocycles. The van der Waals surface area contributed by atoms with E-state index in [9.17, 15) is 0 Å². The summed E-state index contributed by atoms with van der Waals surface area (Å²) in [5.41, 5.74) is 3.77. The molecule has 0 spiro atoms. The third-order valence-electron chi connectivity index (χ3n) is 3.17. The predicted molar refractivity (Wildman–Crippen MR) is 70.9 cm³/mol. The fourth-order valence-electron chi connectivity index (χ4n) is 2.38. The summed E-state index contributed by atoms with van der Waals surface area (Å²) in [7, 11) is 2.04. The Labute approximate surface area is 102 Å². The zero-order valence-electron chi connectivity index (χ0n) is 10.9. The molecule has 1 aromatic carbocycles. The summed E-state index contributed by atoms with van der Waals surface area (Å²) in [6.07, 6.45) is 2.55. The standard InChI is InChI=1S/C15H18N2/c1-15(2,3)12-6-5-7-13-14(12)11(8-9-16)10-17(13)4/h5-7,10H,8H2,1-4H3. The van der Waals surface area contributed by atoms with Crippen LogP contribution >= 0.6 is 0 Å². The van der Waals surface area contributed by atoms with Crippen molar-refractivity contribution in [1.82, 2.24) is 4.57 Å². The molecule has 0 fully saturated rings. The molecule has 0 N–H and O–H groups in total. The lowest BCUT2D eigenvalue weighted by Gasteiger charge is -2.21. The van der Waals surface area contributed by atoms with Crippen molar-refractivity contribution >= 4 is 10.9 Å². The maximum atomic E-state index is 8.92. The first-order chi connectivity index (χ1) is 7.95. The number of rotatable bonds is 1. The molecule has 88 valence electrons. The van der Waals surface area contributed by atoms with Crippen LogP contribution in [0.25, 0.3) is 10.9 Å². The lowest BCUT2D eigenvalue weighted by molar-refractivity contribution is 0.595. The van der Waals surface area contributed by atoms with Gasteiger partial charge in [0, 0.05) is 24.1 Å². The molecule has 2 aromatic rings. The SMILES string of the molecule is Cn1cc(CC#N)c2c(C(C)(C)C)cccc21. The number of nitrogens with zero attached hydrogens (tertiary/aromatic N) is 2. The van der Waals surface area contributed by atoms with Crippen LogP contribution in [0.15, 0.2) is 24.4 Å². The monoisotopic (exact) mass is 226 g/mol. The van der Waals surface area contributed by atoms with Gasteiger partial charge in [-0.3, -0.25) is 0 Å². The Hall–Kier alpha value is -1.75. The number of hydrogen-bond acceptors (Lipinski definition) is 1. The van der Waals surface area contributed by atoms with Gasteiger partial charge in [0.15, 0.2) is 0 Å². The van der Waals surface area contributed by atoms with E-state index < -0.39 is 0 Å². The molecule has 2 rings (SSSR count). The van der Waals surface area contributed by atoms with Crippen molar-refractivity contribution in [3.05, 3.63) is 35.5 Å². The Bertz CT molecular complexity index is 592. The summed E-state index contributed by atoms with van der Waals surface area (Å²) in [5.74, 6) is 0. The number of aromatic nitrogens is 1. The molecular formula is C15H18N2. The molecule has 0 radical (unpaired) electrons. The van der Waals surface area contributed by atoms with Gasteiger partial charge >= 0.3 is 0 Å². The van der Waals surface area contributed by atoms with Gasteiger partial charge in [0.25, 0.3) is 0 Å². The summed E-state index contributed by atoms with van der Waals surface area (Å²) >= 11 is 0. The van der Waals surface area contributed by atoms with E-state index in [-0.39, 0.29) is 5.41 Å². The second-order valence-electron chi connectivity index (χ2n) is 5.55. The Kier molecular flexibility index (Phi) is 2.71. The van der Waals surface area contributed by atoms with Crippen LogP contribution in [0, 0.1) is 11.3 Å². The van der Waals surface area contributed by atoms with Crippen LogP contribution in [0.1, 0.15) is 31.9 Å². The van der Waals surface area contributed by atoms with Crippen molar-refractivity contribution < 1.29 is 0 Å². The van der Waals surface area contributed by atoms with E-state index >= 15 is 0 Å². The number of fused-ring (bicyclic) bond motifs is 1. The fourth-order valence-corrected chi connectivity index (χ4v) is 2.38. The summed E-state index contributed by atoms with van der Waals surface area (Å²) in [5, 5.41) is 10.2.